The molecule has 0 bridgehead atoms. The summed E-state index contributed by atoms with van der Waals surface area (Å²) in [5.41, 5.74) is 5.68. The summed E-state index contributed by atoms with van der Waals surface area (Å²) in [4.78, 5) is 17.7. The number of carbonyl (C=O) groups excluding carboxylic acids is 1. The van der Waals surface area contributed by atoms with E-state index in [2.05, 4.69) is 33.8 Å². The fourth-order valence-corrected chi connectivity index (χ4v) is 5.44. The molecule has 5 aromatic rings. The Hall–Kier alpha value is -4.04. The molecule has 0 aliphatic carbocycles. The summed E-state index contributed by atoms with van der Waals surface area (Å²) in [5, 5.41) is 7.66. The number of benzene rings is 4. The van der Waals surface area contributed by atoms with E-state index in [1.165, 1.54) is 5.56 Å². The molecule has 4 aromatic carbocycles. The summed E-state index contributed by atoms with van der Waals surface area (Å²) in [5.74, 6) is 0.740. The lowest BCUT2D eigenvalue weighted by Gasteiger charge is -2.20. The van der Waals surface area contributed by atoms with Crippen LogP contribution in [0.2, 0.25) is 0 Å². The molecule has 6 nitrogen and oxygen atoms in total. The van der Waals surface area contributed by atoms with Crippen molar-refractivity contribution in [2.75, 3.05) is 13.7 Å². The molecule has 7 heteroatoms. The normalized spacial score (nSPS) is 11.8. The maximum Gasteiger partial charge on any atom is 0.252 e. The number of carbonyl (C=O) groups is 1. The summed E-state index contributed by atoms with van der Waals surface area (Å²) >= 11 is 0.726. The standard InChI is InChI=1S/C33H33N3O3S/c1-39-26-11-7-10-24(21-26)22-34-18-16-25(20-23-8-3-2-4-9-23)36-33(37)30-15-14-28(32-29(30)17-19-35-32)27-12-5-6-13-31(27)40-38/h2-15,17,19,21,25,34-35,38H,16,18,20,22H2,1H3,(H,36,37)/t25-/m1/s1. The second-order valence-electron chi connectivity index (χ2n) is 9.69. The van der Waals surface area contributed by atoms with Crippen LogP contribution in [0.25, 0.3) is 22.0 Å². The fraction of sp³-hybridized carbons (Fsp3) is 0.182. The van der Waals surface area contributed by atoms with E-state index in [1.54, 1.807) is 7.11 Å². The van der Waals surface area contributed by atoms with E-state index in [1.807, 2.05) is 85.1 Å². The van der Waals surface area contributed by atoms with Crippen molar-refractivity contribution in [1.29, 1.82) is 0 Å². The van der Waals surface area contributed by atoms with Crippen LogP contribution in [0.1, 0.15) is 27.9 Å². The lowest BCUT2D eigenvalue weighted by Crippen LogP contribution is -2.38. The van der Waals surface area contributed by atoms with Gasteiger partial charge in [-0.05, 0) is 66.4 Å². The molecule has 0 fully saturated rings. The molecule has 1 atom stereocenters. The SMILES string of the molecule is COc1cccc(CNCC[C@H](Cc2ccccc2)NC(=O)c2ccc(-c3ccccc3SO)c3[nH]ccc23)c1. The van der Waals surface area contributed by atoms with Gasteiger partial charge in [-0.2, -0.15) is 0 Å². The van der Waals surface area contributed by atoms with Crippen molar-refractivity contribution in [1.82, 2.24) is 15.6 Å². The number of ether oxygens (including phenoxy) is 1. The van der Waals surface area contributed by atoms with E-state index >= 15 is 0 Å². The van der Waals surface area contributed by atoms with Gasteiger partial charge in [-0.3, -0.25) is 4.79 Å². The smallest absolute Gasteiger partial charge is 0.252 e. The maximum atomic E-state index is 13.6. The molecule has 0 saturated heterocycles. The Morgan fingerprint density at radius 3 is 2.55 bits per heavy atom. The van der Waals surface area contributed by atoms with Crippen LogP contribution in [-0.4, -0.2) is 35.1 Å². The molecule has 4 N–H and O–H groups in total. The summed E-state index contributed by atoms with van der Waals surface area (Å²) in [6.07, 6.45) is 3.37. The minimum atomic E-state index is -0.102. The quantitative estimate of drug-likeness (QED) is 0.0998. The Morgan fingerprint density at radius 1 is 0.925 bits per heavy atom. The van der Waals surface area contributed by atoms with Crippen molar-refractivity contribution in [3.05, 3.63) is 120 Å². The number of hydrogen-bond acceptors (Lipinski definition) is 5. The van der Waals surface area contributed by atoms with Crippen LogP contribution in [-0.2, 0) is 13.0 Å². The molecule has 0 radical (unpaired) electrons. The molecule has 1 heterocycles. The molecule has 0 aliphatic rings. The Kier molecular flexibility index (Phi) is 9.18. The van der Waals surface area contributed by atoms with Crippen molar-refractivity contribution in [2.24, 2.45) is 0 Å². The summed E-state index contributed by atoms with van der Waals surface area (Å²) in [7, 11) is 1.67. The van der Waals surface area contributed by atoms with Gasteiger partial charge in [0.2, 0.25) is 0 Å². The molecular weight excluding hydrogens is 518 g/mol. The van der Waals surface area contributed by atoms with Crippen molar-refractivity contribution < 1.29 is 14.1 Å². The zero-order valence-electron chi connectivity index (χ0n) is 22.4. The second kappa shape index (κ2) is 13.3. The molecule has 0 aliphatic heterocycles. The van der Waals surface area contributed by atoms with Crippen LogP contribution in [0.15, 0.2) is 108 Å². The van der Waals surface area contributed by atoms with Gasteiger partial charge in [0.05, 0.1) is 12.6 Å². The highest BCUT2D eigenvalue weighted by Crippen LogP contribution is 2.35. The summed E-state index contributed by atoms with van der Waals surface area (Å²) in [6.45, 7) is 1.48. The first-order valence-electron chi connectivity index (χ1n) is 13.4. The van der Waals surface area contributed by atoms with E-state index in [0.29, 0.717) is 5.56 Å². The van der Waals surface area contributed by atoms with Crippen LogP contribution in [0, 0.1) is 0 Å². The topological polar surface area (TPSA) is 86.4 Å². The molecular formula is C33H33N3O3S. The Labute approximate surface area is 239 Å². The minimum absolute atomic E-state index is 0.0482. The third kappa shape index (κ3) is 6.57. The third-order valence-corrected chi connectivity index (χ3v) is 7.59. The number of hydrogen-bond donors (Lipinski definition) is 4. The van der Waals surface area contributed by atoms with Gasteiger partial charge in [-0.25, -0.2) is 0 Å². The van der Waals surface area contributed by atoms with Crippen LogP contribution in [0.3, 0.4) is 0 Å². The van der Waals surface area contributed by atoms with Crippen LogP contribution in [0.4, 0.5) is 0 Å². The van der Waals surface area contributed by atoms with Crippen LogP contribution >= 0.6 is 12.0 Å². The lowest BCUT2D eigenvalue weighted by molar-refractivity contribution is 0.0936. The second-order valence-corrected chi connectivity index (χ2v) is 10.3. The predicted octanol–water partition coefficient (Wildman–Crippen LogP) is 6.93. The van der Waals surface area contributed by atoms with Crippen molar-refractivity contribution >= 4 is 28.9 Å². The number of H-pyrrole nitrogens is 1. The van der Waals surface area contributed by atoms with Gasteiger partial charge in [-0.15, -0.1) is 0 Å². The molecule has 0 saturated carbocycles. The van der Waals surface area contributed by atoms with E-state index in [4.69, 9.17) is 4.74 Å². The highest BCUT2D eigenvalue weighted by molar-refractivity contribution is 7.93. The molecule has 0 spiro atoms. The largest absolute Gasteiger partial charge is 0.497 e. The average molecular weight is 552 g/mol. The number of rotatable bonds is 12. The molecule has 5 rings (SSSR count). The Balaban J connectivity index is 1.32. The number of nitrogens with one attached hydrogen (secondary N) is 3. The van der Waals surface area contributed by atoms with Crippen molar-refractivity contribution in [2.45, 2.75) is 30.3 Å². The van der Waals surface area contributed by atoms with Crippen molar-refractivity contribution in [3.63, 3.8) is 0 Å². The zero-order chi connectivity index (χ0) is 27.7. The van der Waals surface area contributed by atoms with Gasteiger partial charge in [0, 0.05) is 52.2 Å². The third-order valence-electron chi connectivity index (χ3n) is 7.04. The van der Waals surface area contributed by atoms with Crippen LogP contribution < -0.4 is 15.4 Å². The van der Waals surface area contributed by atoms with Crippen LogP contribution in [0.5, 0.6) is 5.75 Å². The average Bonchev–Trinajstić information content (AvgIpc) is 3.49. The lowest BCUT2D eigenvalue weighted by atomic mass is 9.98. The first kappa shape index (κ1) is 27.5. The molecule has 204 valence electrons. The number of methoxy groups -OCH3 is 1. The molecule has 1 amide bonds. The zero-order valence-corrected chi connectivity index (χ0v) is 23.2. The predicted molar refractivity (Wildman–Crippen MR) is 163 cm³/mol. The van der Waals surface area contributed by atoms with Gasteiger partial charge in [-0.1, -0.05) is 66.7 Å². The number of aromatic nitrogens is 1. The van der Waals surface area contributed by atoms with Gasteiger partial charge < -0.3 is 24.9 Å². The first-order chi connectivity index (χ1) is 19.7. The fourth-order valence-electron chi connectivity index (χ4n) is 5.03. The first-order valence-corrected chi connectivity index (χ1v) is 14.1. The highest BCUT2D eigenvalue weighted by Gasteiger charge is 2.19. The Bertz CT molecular complexity index is 1570. The Morgan fingerprint density at radius 2 is 1.73 bits per heavy atom. The molecule has 0 unspecified atom stereocenters. The van der Waals surface area contributed by atoms with Gasteiger partial charge in [0.15, 0.2) is 0 Å². The summed E-state index contributed by atoms with van der Waals surface area (Å²) < 4.78 is 15.1. The number of amides is 1. The van der Waals surface area contributed by atoms with E-state index in [-0.39, 0.29) is 11.9 Å². The van der Waals surface area contributed by atoms with E-state index in [9.17, 15) is 9.35 Å². The van der Waals surface area contributed by atoms with Crippen molar-refractivity contribution in [3.8, 4) is 16.9 Å². The van der Waals surface area contributed by atoms with Gasteiger partial charge in [0.25, 0.3) is 5.91 Å². The highest BCUT2D eigenvalue weighted by atomic mass is 32.2. The maximum absolute atomic E-state index is 13.6. The summed E-state index contributed by atoms with van der Waals surface area (Å²) in [6, 6.07) is 31.7. The number of aromatic amines is 1. The minimum Gasteiger partial charge on any atom is -0.497 e. The molecule has 40 heavy (non-hydrogen) atoms. The van der Waals surface area contributed by atoms with Gasteiger partial charge >= 0.3 is 0 Å². The molecule has 1 aromatic heterocycles. The number of fused-ring (bicyclic) bond motifs is 1. The van der Waals surface area contributed by atoms with Gasteiger partial charge in [0.1, 0.15) is 5.75 Å². The van der Waals surface area contributed by atoms with E-state index < -0.39 is 0 Å². The van der Waals surface area contributed by atoms with E-state index in [0.717, 1.165) is 76.2 Å². The monoisotopic (exact) mass is 551 g/mol.